The summed E-state index contributed by atoms with van der Waals surface area (Å²) in [5, 5.41) is 1.47. The second kappa shape index (κ2) is 6.76. The molecular formula is C12H16BrClO2S. The Bertz CT molecular complexity index is 442. The molecule has 5 heteroatoms. The first-order valence-electron chi connectivity index (χ1n) is 5.50. The van der Waals surface area contributed by atoms with E-state index in [0.29, 0.717) is 9.92 Å². The maximum atomic E-state index is 12.1. The third kappa shape index (κ3) is 4.98. The van der Waals surface area contributed by atoms with Gasteiger partial charge in [0.05, 0.1) is 10.6 Å². The van der Waals surface area contributed by atoms with Gasteiger partial charge in [-0.1, -0.05) is 34.5 Å². The average Bonchev–Trinajstić information content (AvgIpc) is 2.26. The molecule has 0 N–H and O–H groups in total. The molecule has 0 bridgehead atoms. The SMILES string of the molecule is CC(CCCBr)CS(=O)(=O)c1ccc(Cl)cc1. The second-order valence-electron chi connectivity index (χ2n) is 4.17. The van der Waals surface area contributed by atoms with Crippen LogP contribution in [0.2, 0.25) is 5.02 Å². The Morgan fingerprint density at radius 2 is 1.88 bits per heavy atom. The first kappa shape index (κ1) is 15.0. The molecule has 0 heterocycles. The molecule has 1 aromatic carbocycles. The molecule has 0 radical (unpaired) electrons. The van der Waals surface area contributed by atoms with Crippen LogP contribution in [0.3, 0.4) is 0 Å². The van der Waals surface area contributed by atoms with E-state index >= 15 is 0 Å². The molecule has 1 atom stereocenters. The molecule has 0 saturated carbocycles. The lowest BCUT2D eigenvalue weighted by molar-refractivity contribution is 0.547. The van der Waals surface area contributed by atoms with Gasteiger partial charge < -0.3 is 0 Å². The maximum absolute atomic E-state index is 12.1. The lowest BCUT2D eigenvalue weighted by atomic mass is 10.1. The molecule has 1 rings (SSSR count). The van der Waals surface area contributed by atoms with E-state index in [1.807, 2.05) is 6.92 Å². The molecule has 17 heavy (non-hydrogen) atoms. The summed E-state index contributed by atoms with van der Waals surface area (Å²) < 4.78 is 24.1. The van der Waals surface area contributed by atoms with Crippen molar-refractivity contribution in [1.29, 1.82) is 0 Å². The summed E-state index contributed by atoms with van der Waals surface area (Å²) in [7, 11) is -3.18. The molecular weight excluding hydrogens is 324 g/mol. The zero-order valence-corrected chi connectivity index (χ0v) is 12.9. The molecule has 1 unspecified atom stereocenters. The van der Waals surface area contributed by atoms with E-state index in [0.717, 1.165) is 18.2 Å². The normalized spacial score (nSPS) is 13.6. The Balaban J connectivity index is 2.71. The van der Waals surface area contributed by atoms with Crippen molar-refractivity contribution in [3.05, 3.63) is 29.3 Å². The second-order valence-corrected chi connectivity index (χ2v) is 7.44. The van der Waals surface area contributed by atoms with E-state index in [1.165, 1.54) is 0 Å². The predicted molar refractivity (Wildman–Crippen MR) is 75.7 cm³/mol. The number of alkyl halides is 1. The van der Waals surface area contributed by atoms with Gasteiger partial charge in [-0.25, -0.2) is 8.42 Å². The molecule has 0 spiro atoms. The topological polar surface area (TPSA) is 34.1 Å². The Morgan fingerprint density at radius 3 is 2.41 bits per heavy atom. The first-order chi connectivity index (χ1) is 7.95. The zero-order chi connectivity index (χ0) is 12.9. The predicted octanol–water partition coefficient (Wildman–Crippen LogP) is 3.92. The molecule has 0 saturated heterocycles. The van der Waals surface area contributed by atoms with Gasteiger partial charge >= 0.3 is 0 Å². The minimum Gasteiger partial charge on any atom is -0.224 e. The van der Waals surface area contributed by atoms with E-state index in [4.69, 9.17) is 11.6 Å². The van der Waals surface area contributed by atoms with Crippen LogP contribution in [0.15, 0.2) is 29.2 Å². The Kier molecular flexibility index (Phi) is 5.97. The van der Waals surface area contributed by atoms with E-state index in [2.05, 4.69) is 15.9 Å². The van der Waals surface area contributed by atoms with Crippen LogP contribution in [0, 0.1) is 5.92 Å². The quantitative estimate of drug-likeness (QED) is 0.736. The van der Waals surface area contributed by atoms with Crippen LogP contribution >= 0.6 is 27.5 Å². The minimum absolute atomic E-state index is 0.174. The third-order valence-corrected chi connectivity index (χ3v) is 5.32. The van der Waals surface area contributed by atoms with Crippen molar-refractivity contribution < 1.29 is 8.42 Å². The fraction of sp³-hybridized carbons (Fsp3) is 0.500. The van der Waals surface area contributed by atoms with Gasteiger partial charge in [-0.15, -0.1) is 0 Å². The van der Waals surface area contributed by atoms with Crippen LogP contribution in [0.4, 0.5) is 0 Å². The summed E-state index contributed by atoms with van der Waals surface area (Å²) in [5.41, 5.74) is 0. The van der Waals surface area contributed by atoms with Crippen molar-refractivity contribution in [3.63, 3.8) is 0 Å². The molecule has 0 amide bonds. The molecule has 0 fully saturated rings. The molecule has 0 aliphatic carbocycles. The molecule has 96 valence electrons. The highest BCUT2D eigenvalue weighted by atomic mass is 79.9. The van der Waals surface area contributed by atoms with E-state index in [9.17, 15) is 8.42 Å². The third-order valence-electron chi connectivity index (χ3n) is 2.51. The van der Waals surface area contributed by atoms with Gasteiger partial charge in [0.25, 0.3) is 0 Å². The maximum Gasteiger partial charge on any atom is 0.178 e. The van der Waals surface area contributed by atoms with Crippen molar-refractivity contribution in [1.82, 2.24) is 0 Å². The fourth-order valence-corrected chi connectivity index (χ4v) is 3.73. The highest BCUT2D eigenvalue weighted by molar-refractivity contribution is 9.09. The summed E-state index contributed by atoms with van der Waals surface area (Å²) in [6.45, 7) is 1.97. The smallest absolute Gasteiger partial charge is 0.178 e. The van der Waals surface area contributed by atoms with Crippen molar-refractivity contribution in [3.8, 4) is 0 Å². The summed E-state index contributed by atoms with van der Waals surface area (Å²) in [4.78, 5) is 0.354. The molecule has 0 aliphatic rings. The largest absolute Gasteiger partial charge is 0.224 e. The summed E-state index contributed by atoms with van der Waals surface area (Å²) >= 11 is 9.08. The molecule has 0 aliphatic heterocycles. The first-order valence-corrected chi connectivity index (χ1v) is 8.65. The molecule has 1 aromatic rings. The summed E-state index contributed by atoms with van der Waals surface area (Å²) in [5.74, 6) is 0.370. The Labute approximate surface area is 116 Å². The van der Waals surface area contributed by atoms with Crippen LogP contribution in [-0.2, 0) is 9.84 Å². The van der Waals surface area contributed by atoms with E-state index < -0.39 is 9.84 Å². The Hall–Kier alpha value is -0.0600. The fourth-order valence-electron chi connectivity index (χ4n) is 1.62. The van der Waals surface area contributed by atoms with Crippen LogP contribution in [-0.4, -0.2) is 19.5 Å². The van der Waals surface area contributed by atoms with Gasteiger partial charge in [0.15, 0.2) is 9.84 Å². The summed E-state index contributed by atoms with van der Waals surface area (Å²) in [6, 6.07) is 6.35. The van der Waals surface area contributed by atoms with Crippen molar-refractivity contribution in [2.24, 2.45) is 5.92 Å². The standard InChI is InChI=1S/C12H16BrClO2S/c1-10(3-2-8-13)9-17(15,16)12-6-4-11(14)5-7-12/h4-7,10H,2-3,8-9H2,1H3. The summed E-state index contributed by atoms with van der Waals surface area (Å²) in [6.07, 6.45) is 1.91. The van der Waals surface area contributed by atoms with Gasteiger partial charge in [-0.3, -0.25) is 0 Å². The number of hydrogen-bond acceptors (Lipinski definition) is 2. The highest BCUT2D eigenvalue weighted by Crippen LogP contribution is 2.19. The van der Waals surface area contributed by atoms with Crippen molar-refractivity contribution >= 4 is 37.4 Å². The van der Waals surface area contributed by atoms with Gasteiger partial charge in [-0.05, 0) is 43.0 Å². The van der Waals surface area contributed by atoms with E-state index in [1.54, 1.807) is 24.3 Å². The van der Waals surface area contributed by atoms with E-state index in [-0.39, 0.29) is 11.7 Å². The van der Waals surface area contributed by atoms with Crippen LogP contribution in [0.1, 0.15) is 19.8 Å². The van der Waals surface area contributed by atoms with Gasteiger partial charge in [0.2, 0.25) is 0 Å². The van der Waals surface area contributed by atoms with Crippen LogP contribution < -0.4 is 0 Å². The number of benzene rings is 1. The zero-order valence-electron chi connectivity index (χ0n) is 9.70. The number of halogens is 2. The van der Waals surface area contributed by atoms with Crippen molar-refractivity contribution in [2.75, 3.05) is 11.1 Å². The lowest BCUT2D eigenvalue weighted by Gasteiger charge is -2.11. The number of hydrogen-bond donors (Lipinski definition) is 0. The molecule has 0 aromatic heterocycles. The van der Waals surface area contributed by atoms with Gasteiger partial charge in [0, 0.05) is 10.4 Å². The monoisotopic (exact) mass is 338 g/mol. The highest BCUT2D eigenvalue weighted by Gasteiger charge is 2.18. The Morgan fingerprint density at radius 1 is 1.29 bits per heavy atom. The van der Waals surface area contributed by atoms with Crippen molar-refractivity contribution in [2.45, 2.75) is 24.7 Å². The average molecular weight is 340 g/mol. The lowest BCUT2D eigenvalue weighted by Crippen LogP contribution is -2.14. The molecule has 2 nitrogen and oxygen atoms in total. The number of sulfone groups is 1. The van der Waals surface area contributed by atoms with Crippen LogP contribution in [0.5, 0.6) is 0 Å². The van der Waals surface area contributed by atoms with Gasteiger partial charge in [-0.2, -0.15) is 0 Å². The number of rotatable bonds is 6. The minimum atomic E-state index is -3.18. The van der Waals surface area contributed by atoms with Gasteiger partial charge in [0.1, 0.15) is 0 Å². The van der Waals surface area contributed by atoms with Crippen LogP contribution in [0.25, 0.3) is 0 Å².